The van der Waals surface area contributed by atoms with Gasteiger partial charge in [0.2, 0.25) is 5.79 Å². The van der Waals surface area contributed by atoms with E-state index in [0.717, 1.165) is 11.3 Å². The summed E-state index contributed by atoms with van der Waals surface area (Å²) in [4.78, 5) is 0. The van der Waals surface area contributed by atoms with E-state index >= 15 is 0 Å². The summed E-state index contributed by atoms with van der Waals surface area (Å²) in [6.45, 7) is 6.57. The second-order valence-electron chi connectivity index (χ2n) is 3.90. The molecule has 13 heavy (non-hydrogen) atoms. The zero-order valence-corrected chi connectivity index (χ0v) is 8.26. The van der Waals surface area contributed by atoms with Gasteiger partial charge in [-0.3, -0.25) is 0 Å². The molecule has 0 amide bonds. The quantitative estimate of drug-likeness (QED) is 0.608. The van der Waals surface area contributed by atoms with Crippen LogP contribution >= 0.6 is 0 Å². The lowest BCUT2D eigenvalue weighted by Gasteiger charge is -2.32. The molecule has 0 aliphatic carbocycles. The Morgan fingerprint density at radius 3 is 2.85 bits per heavy atom. The first-order valence-corrected chi connectivity index (χ1v) is 4.49. The Labute approximate surface area is 78.5 Å². The minimum absolute atomic E-state index is 0.484. The molecule has 2 nitrogen and oxygen atoms in total. The van der Waals surface area contributed by atoms with E-state index in [2.05, 4.69) is 19.1 Å². The van der Waals surface area contributed by atoms with Gasteiger partial charge in [0, 0.05) is 19.4 Å². The van der Waals surface area contributed by atoms with Gasteiger partial charge in [-0.25, -0.2) is 0 Å². The third-order valence-corrected chi connectivity index (χ3v) is 2.15. The molecule has 70 valence electrons. The van der Waals surface area contributed by atoms with Crippen molar-refractivity contribution in [2.24, 2.45) is 0 Å². The number of hydrogen-bond acceptors (Lipinski definition) is 2. The lowest BCUT2D eigenvalue weighted by Crippen LogP contribution is -2.35. The summed E-state index contributed by atoms with van der Waals surface area (Å²) in [5.41, 5.74) is 2.38. The first-order chi connectivity index (χ1) is 6.07. The van der Waals surface area contributed by atoms with Crippen molar-refractivity contribution in [2.75, 3.05) is 0 Å². The van der Waals surface area contributed by atoms with Gasteiger partial charge in [-0.1, -0.05) is 17.7 Å². The van der Waals surface area contributed by atoms with Crippen LogP contribution in [0.5, 0.6) is 5.75 Å². The van der Waals surface area contributed by atoms with Gasteiger partial charge in [0.25, 0.3) is 0 Å². The van der Waals surface area contributed by atoms with Crippen LogP contribution in [-0.2, 0) is 11.3 Å². The van der Waals surface area contributed by atoms with Crippen molar-refractivity contribution in [2.45, 2.75) is 33.2 Å². The molecular weight excluding hydrogens is 164 g/mol. The molecule has 1 heterocycles. The molecule has 0 bridgehead atoms. The zero-order valence-electron chi connectivity index (χ0n) is 8.26. The molecule has 0 aromatic heterocycles. The van der Waals surface area contributed by atoms with E-state index in [0.29, 0.717) is 6.61 Å². The maximum atomic E-state index is 5.65. The van der Waals surface area contributed by atoms with Crippen LogP contribution in [0.3, 0.4) is 0 Å². The van der Waals surface area contributed by atoms with Crippen LogP contribution in [0, 0.1) is 6.92 Å². The van der Waals surface area contributed by atoms with E-state index in [1.54, 1.807) is 0 Å². The van der Waals surface area contributed by atoms with Crippen LogP contribution in [0.1, 0.15) is 25.0 Å². The molecular formula is C11H14O2. The minimum Gasteiger partial charge on any atom is -0.463 e. The van der Waals surface area contributed by atoms with Crippen molar-refractivity contribution in [3.8, 4) is 5.75 Å². The average Bonchev–Trinajstić information content (AvgIpc) is 2.05. The van der Waals surface area contributed by atoms with Gasteiger partial charge in [0.1, 0.15) is 5.75 Å². The van der Waals surface area contributed by atoms with Gasteiger partial charge in [0.05, 0.1) is 6.61 Å². The average molecular weight is 178 g/mol. The Bertz CT molecular complexity index is 329. The van der Waals surface area contributed by atoms with Crippen molar-refractivity contribution < 1.29 is 9.47 Å². The third-order valence-electron chi connectivity index (χ3n) is 2.15. The summed E-state index contributed by atoms with van der Waals surface area (Å²) in [5.74, 6) is 0.462. The Balaban J connectivity index is 2.37. The maximum absolute atomic E-state index is 5.65. The second kappa shape index (κ2) is 2.74. The van der Waals surface area contributed by atoms with Crippen molar-refractivity contribution >= 4 is 0 Å². The van der Waals surface area contributed by atoms with E-state index in [4.69, 9.17) is 9.47 Å². The highest BCUT2D eigenvalue weighted by Gasteiger charge is 2.26. The number of aryl methyl sites for hydroxylation is 1. The van der Waals surface area contributed by atoms with Crippen LogP contribution in [-0.4, -0.2) is 5.79 Å². The highest BCUT2D eigenvalue weighted by molar-refractivity contribution is 5.37. The van der Waals surface area contributed by atoms with E-state index in [-0.39, 0.29) is 0 Å². The fourth-order valence-corrected chi connectivity index (χ4v) is 1.47. The number of rotatable bonds is 0. The van der Waals surface area contributed by atoms with Crippen LogP contribution < -0.4 is 4.74 Å². The normalized spacial score (nSPS) is 19.0. The molecule has 0 unspecified atom stereocenters. The zero-order chi connectivity index (χ0) is 9.47. The van der Waals surface area contributed by atoms with Gasteiger partial charge in [-0.2, -0.15) is 0 Å². The molecule has 2 heteroatoms. The predicted molar refractivity (Wildman–Crippen MR) is 50.7 cm³/mol. The van der Waals surface area contributed by atoms with E-state index in [1.165, 1.54) is 5.56 Å². The topological polar surface area (TPSA) is 18.5 Å². The molecule has 0 fully saturated rings. The van der Waals surface area contributed by atoms with Gasteiger partial charge in [-0.15, -0.1) is 0 Å². The first-order valence-electron chi connectivity index (χ1n) is 4.49. The van der Waals surface area contributed by atoms with Crippen LogP contribution in [0.2, 0.25) is 0 Å². The number of ether oxygens (including phenoxy) is 2. The molecule has 1 aliphatic heterocycles. The van der Waals surface area contributed by atoms with Crippen LogP contribution in [0.15, 0.2) is 18.2 Å². The van der Waals surface area contributed by atoms with Crippen molar-refractivity contribution in [1.82, 2.24) is 0 Å². The summed E-state index contributed by atoms with van der Waals surface area (Å²) in [6.07, 6.45) is 0. The van der Waals surface area contributed by atoms with Gasteiger partial charge in [0.15, 0.2) is 0 Å². The van der Waals surface area contributed by atoms with Gasteiger partial charge < -0.3 is 9.47 Å². The Kier molecular flexibility index (Phi) is 1.81. The molecule has 2 rings (SSSR count). The molecule has 1 aliphatic rings. The summed E-state index contributed by atoms with van der Waals surface area (Å²) in [6, 6.07) is 6.17. The predicted octanol–water partition coefficient (Wildman–Crippen LogP) is 2.64. The fraction of sp³-hybridized carbons (Fsp3) is 0.455. The van der Waals surface area contributed by atoms with Gasteiger partial charge >= 0.3 is 0 Å². The second-order valence-corrected chi connectivity index (χ2v) is 3.90. The Hall–Kier alpha value is -1.02. The molecule has 0 spiro atoms. The molecule has 0 saturated heterocycles. The lowest BCUT2D eigenvalue weighted by atomic mass is 10.1. The maximum Gasteiger partial charge on any atom is 0.205 e. The molecule has 1 aromatic rings. The summed E-state index contributed by atoms with van der Waals surface area (Å²) < 4.78 is 11.2. The monoisotopic (exact) mass is 178 g/mol. The summed E-state index contributed by atoms with van der Waals surface area (Å²) >= 11 is 0. The molecule has 0 radical (unpaired) electrons. The third kappa shape index (κ3) is 1.68. The van der Waals surface area contributed by atoms with Crippen molar-refractivity contribution in [3.63, 3.8) is 0 Å². The Morgan fingerprint density at radius 1 is 1.31 bits per heavy atom. The summed E-state index contributed by atoms with van der Waals surface area (Å²) in [7, 11) is 0. The largest absolute Gasteiger partial charge is 0.463 e. The molecule has 1 aromatic carbocycles. The SMILES string of the molecule is Cc1ccc2c(c1)COC(C)(C)O2. The van der Waals surface area contributed by atoms with E-state index < -0.39 is 5.79 Å². The Morgan fingerprint density at radius 2 is 2.08 bits per heavy atom. The standard InChI is InChI=1S/C11H14O2/c1-8-4-5-10-9(6-8)7-12-11(2,3)13-10/h4-6H,7H2,1-3H3. The molecule has 0 saturated carbocycles. The van der Waals surface area contributed by atoms with Crippen molar-refractivity contribution in [1.29, 1.82) is 0 Å². The van der Waals surface area contributed by atoms with Crippen LogP contribution in [0.4, 0.5) is 0 Å². The summed E-state index contributed by atoms with van der Waals surface area (Å²) in [5, 5.41) is 0. The minimum atomic E-state index is -0.484. The smallest absolute Gasteiger partial charge is 0.205 e. The number of fused-ring (bicyclic) bond motifs is 1. The lowest BCUT2D eigenvalue weighted by molar-refractivity contribution is -0.180. The first kappa shape index (κ1) is 8.57. The van der Waals surface area contributed by atoms with Gasteiger partial charge in [-0.05, 0) is 13.0 Å². The van der Waals surface area contributed by atoms with E-state index in [9.17, 15) is 0 Å². The molecule has 0 N–H and O–H groups in total. The highest BCUT2D eigenvalue weighted by Crippen LogP contribution is 2.31. The van der Waals surface area contributed by atoms with Crippen molar-refractivity contribution in [3.05, 3.63) is 29.3 Å². The molecule has 0 atom stereocenters. The number of benzene rings is 1. The van der Waals surface area contributed by atoms with Crippen LogP contribution in [0.25, 0.3) is 0 Å². The highest BCUT2D eigenvalue weighted by atomic mass is 16.7. The van der Waals surface area contributed by atoms with E-state index in [1.807, 2.05) is 19.9 Å². The number of hydrogen-bond donors (Lipinski definition) is 0. The fourth-order valence-electron chi connectivity index (χ4n) is 1.47.